The van der Waals surface area contributed by atoms with E-state index in [1.54, 1.807) is 0 Å². The predicted molar refractivity (Wildman–Crippen MR) is 69.5 cm³/mol. The van der Waals surface area contributed by atoms with E-state index in [9.17, 15) is 18.3 Å². The number of benzene rings is 2. The van der Waals surface area contributed by atoms with Crippen LogP contribution in [0.15, 0.2) is 12.1 Å². The number of halogens is 3. The quantitative estimate of drug-likeness (QED) is 0.557. The Hall–Kier alpha value is -2.15. The lowest BCUT2D eigenvalue weighted by molar-refractivity contribution is 0.450. The largest absolute Gasteiger partial charge is 0.508 e. The van der Waals surface area contributed by atoms with Gasteiger partial charge in [-0.3, -0.25) is 0 Å². The van der Waals surface area contributed by atoms with Crippen LogP contribution in [0.3, 0.4) is 0 Å². The molecule has 0 fully saturated rings. The van der Waals surface area contributed by atoms with Crippen LogP contribution >= 0.6 is 0 Å². The molecule has 0 atom stereocenters. The fourth-order valence-electron chi connectivity index (χ4n) is 1.84. The van der Waals surface area contributed by atoms with Crippen molar-refractivity contribution >= 4 is 10.8 Å². The molecule has 0 saturated heterocycles. The fraction of sp³-hybridized carbons (Fsp3) is 0.200. The number of rotatable bonds is 0. The van der Waals surface area contributed by atoms with Crippen LogP contribution in [0.5, 0.6) is 5.75 Å². The van der Waals surface area contributed by atoms with E-state index < -0.39 is 17.5 Å². The molecule has 0 aromatic heterocycles. The van der Waals surface area contributed by atoms with E-state index in [4.69, 9.17) is 6.42 Å². The third kappa shape index (κ3) is 2.37. The number of aromatic hydroxyl groups is 1. The maximum absolute atomic E-state index is 13.5. The number of aryl methyl sites for hydroxylation is 1. The Labute approximate surface area is 109 Å². The van der Waals surface area contributed by atoms with Crippen LogP contribution in [0.2, 0.25) is 0 Å². The molecule has 2 aromatic carbocycles. The van der Waals surface area contributed by atoms with Gasteiger partial charge in [0.05, 0.1) is 5.56 Å². The van der Waals surface area contributed by atoms with Crippen molar-refractivity contribution in [2.24, 2.45) is 0 Å². The molecule has 0 aliphatic rings. The first kappa shape index (κ1) is 14.9. The van der Waals surface area contributed by atoms with Crippen molar-refractivity contribution in [2.45, 2.75) is 20.8 Å². The maximum atomic E-state index is 13.5. The van der Waals surface area contributed by atoms with E-state index in [0.29, 0.717) is 5.56 Å². The van der Waals surface area contributed by atoms with Gasteiger partial charge < -0.3 is 5.11 Å². The van der Waals surface area contributed by atoms with Gasteiger partial charge in [0.25, 0.3) is 0 Å². The second-order valence-electron chi connectivity index (χ2n) is 3.65. The summed E-state index contributed by atoms with van der Waals surface area (Å²) in [4.78, 5) is 0. The fourth-order valence-corrected chi connectivity index (χ4v) is 1.84. The summed E-state index contributed by atoms with van der Waals surface area (Å²) in [5.74, 6) is -2.59. The molecule has 1 N–H and O–H groups in total. The third-order valence-electron chi connectivity index (χ3n) is 2.56. The minimum atomic E-state index is -1.63. The standard InChI is InChI=1S/C13H7F3O.C2H6/c1-3-8-10-6(2)4-7(17)5-9(10)12(15)13(16)11(8)14;1-2/h1,4-5,17H,2H3;1-2H3. The molecular weight excluding hydrogens is 253 g/mol. The zero-order valence-electron chi connectivity index (χ0n) is 10.8. The number of hydrogen-bond acceptors (Lipinski definition) is 1. The number of phenols is 1. The number of terminal acetylenes is 1. The molecule has 0 bridgehead atoms. The highest BCUT2D eigenvalue weighted by Gasteiger charge is 2.20. The highest BCUT2D eigenvalue weighted by Crippen LogP contribution is 2.32. The van der Waals surface area contributed by atoms with Gasteiger partial charge in [-0.2, -0.15) is 0 Å². The van der Waals surface area contributed by atoms with E-state index in [2.05, 4.69) is 0 Å². The van der Waals surface area contributed by atoms with Gasteiger partial charge in [0.2, 0.25) is 0 Å². The van der Waals surface area contributed by atoms with Crippen molar-refractivity contribution in [1.82, 2.24) is 0 Å². The van der Waals surface area contributed by atoms with Gasteiger partial charge in [0.1, 0.15) is 5.75 Å². The van der Waals surface area contributed by atoms with Crippen molar-refractivity contribution in [3.8, 4) is 18.1 Å². The van der Waals surface area contributed by atoms with Gasteiger partial charge in [-0.15, -0.1) is 6.42 Å². The molecule has 0 radical (unpaired) electrons. The molecule has 0 aliphatic heterocycles. The Balaban J connectivity index is 0.000000861. The van der Waals surface area contributed by atoms with Crippen molar-refractivity contribution < 1.29 is 18.3 Å². The van der Waals surface area contributed by atoms with E-state index in [0.717, 1.165) is 6.07 Å². The van der Waals surface area contributed by atoms with Gasteiger partial charge >= 0.3 is 0 Å². The molecule has 0 amide bonds. The van der Waals surface area contributed by atoms with E-state index in [-0.39, 0.29) is 22.1 Å². The molecule has 19 heavy (non-hydrogen) atoms. The first-order chi connectivity index (χ1) is 8.97. The molecule has 4 heteroatoms. The topological polar surface area (TPSA) is 20.2 Å². The summed E-state index contributed by atoms with van der Waals surface area (Å²) < 4.78 is 40.2. The lowest BCUT2D eigenvalue weighted by atomic mass is 9.98. The number of phenolic OH excluding ortho intramolecular Hbond substituents is 1. The molecule has 0 heterocycles. The summed E-state index contributed by atoms with van der Waals surface area (Å²) in [6, 6.07) is 2.32. The molecule has 2 aromatic rings. The zero-order chi connectivity index (χ0) is 14.7. The van der Waals surface area contributed by atoms with Crippen LogP contribution in [0.4, 0.5) is 13.2 Å². The second kappa shape index (κ2) is 5.66. The van der Waals surface area contributed by atoms with Gasteiger partial charge in [-0.1, -0.05) is 19.8 Å². The highest BCUT2D eigenvalue weighted by atomic mass is 19.2. The van der Waals surface area contributed by atoms with Gasteiger partial charge in [0.15, 0.2) is 17.5 Å². The Morgan fingerprint density at radius 3 is 2.16 bits per heavy atom. The van der Waals surface area contributed by atoms with E-state index >= 15 is 0 Å². The Kier molecular flexibility index (Phi) is 4.44. The van der Waals surface area contributed by atoms with Gasteiger partial charge in [0, 0.05) is 10.8 Å². The molecule has 0 spiro atoms. The summed E-state index contributed by atoms with van der Waals surface area (Å²) in [6.07, 6.45) is 5.10. The molecule has 100 valence electrons. The molecular formula is C15H13F3O. The zero-order valence-corrected chi connectivity index (χ0v) is 10.8. The molecule has 0 aliphatic carbocycles. The second-order valence-corrected chi connectivity index (χ2v) is 3.65. The van der Waals surface area contributed by atoms with Crippen LogP contribution in [0.1, 0.15) is 25.0 Å². The molecule has 2 rings (SSSR count). The summed E-state index contributed by atoms with van der Waals surface area (Å²) in [7, 11) is 0. The number of hydrogen-bond donors (Lipinski definition) is 1. The Bertz CT molecular complexity index is 670. The average Bonchev–Trinajstić information content (AvgIpc) is 2.40. The maximum Gasteiger partial charge on any atom is 0.196 e. The van der Waals surface area contributed by atoms with E-state index in [1.165, 1.54) is 13.0 Å². The van der Waals surface area contributed by atoms with Crippen LogP contribution in [0, 0.1) is 36.7 Å². The highest BCUT2D eigenvalue weighted by molar-refractivity contribution is 5.92. The Morgan fingerprint density at radius 2 is 1.63 bits per heavy atom. The van der Waals surface area contributed by atoms with Crippen molar-refractivity contribution in [2.75, 3.05) is 0 Å². The minimum Gasteiger partial charge on any atom is -0.508 e. The van der Waals surface area contributed by atoms with Crippen molar-refractivity contribution in [1.29, 1.82) is 0 Å². The normalized spacial score (nSPS) is 9.74. The molecule has 1 nitrogen and oxygen atoms in total. The van der Waals surface area contributed by atoms with Gasteiger partial charge in [-0.05, 0) is 24.6 Å². The van der Waals surface area contributed by atoms with Gasteiger partial charge in [-0.25, -0.2) is 13.2 Å². The smallest absolute Gasteiger partial charge is 0.196 e. The lowest BCUT2D eigenvalue weighted by Crippen LogP contribution is -1.99. The average molecular weight is 266 g/mol. The van der Waals surface area contributed by atoms with Crippen molar-refractivity contribution in [3.05, 3.63) is 40.7 Å². The monoisotopic (exact) mass is 266 g/mol. The third-order valence-corrected chi connectivity index (χ3v) is 2.56. The summed E-state index contributed by atoms with van der Waals surface area (Å²) in [5, 5.41) is 9.20. The molecule has 0 unspecified atom stereocenters. The Morgan fingerprint density at radius 1 is 1.05 bits per heavy atom. The molecule has 0 saturated carbocycles. The predicted octanol–water partition coefficient (Wildman–Crippen LogP) is 4.28. The van der Waals surface area contributed by atoms with Crippen LogP contribution in [-0.2, 0) is 0 Å². The van der Waals surface area contributed by atoms with E-state index in [1.807, 2.05) is 19.8 Å². The van der Waals surface area contributed by atoms with Crippen molar-refractivity contribution in [3.63, 3.8) is 0 Å². The summed E-state index contributed by atoms with van der Waals surface area (Å²) in [6.45, 7) is 5.53. The van der Waals surface area contributed by atoms with Crippen LogP contribution in [-0.4, -0.2) is 5.11 Å². The van der Waals surface area contributed by atoms with Crippen LogP contribution in [0.25, 0.3) is 10.8 Å². The first-order valence-corrected chi connectivity index (χ1v) is 5.73. The minimum absolute atomic E-state index is 0.0988. The summed E-state index contributed by atoms with van der Waals surface area (Å²) >= 11 is 0. The summed E-state index contributed by atoms with van der Waals surface area (Å²) in [5.41, 5.74) is 0.0437. The first-order valence-electron chi connectivity index (χ1n) is 5.73. The number of fused-ring (bicyclic) bond motifs is 1. The SMILES string of the molecule is C#Cc1c(F)c(F)c(F)c2cc(O)cc(C)c12.CC. The lowest BCUT2D eigenvalue weighted by Gasteiger charge is -2.09. The van der Waals surface area contributed by atoms with Crippen LogP contribution < -0.4 is 0 Å².